The standard InChI is InChI=1S/C15H15F3OS/c16-15(17,18)12-5-1-4-11(10-12)14(19)8-2-6-13-7-3-9-20-13/h1,3-5,7,9-10,14,19H,2,6,8H2. The van der Waals surface area contributed by atoms with Crippen molar-refractivity contribution in [3.8, 4) is 0 Å². The van der Waals surface area contributed by atoms with Crippen LogP contribution in [0.25, 0.3) is 0 Å². The third-order valence-corrected chi connectivity index (χ3v) is 4.02. The molecule has 0 aliphatic rings. The molecule has 0 aliphatic heterocycles. The van der Waals surface area contributed by atoms with Crippen LogP contribution < -0.4 is 0 Å². The van der Waals surface area contributed by atoms with Crippen LogP contribution in [0, 0.1) is 0 Å². The molecule has 2 aromatic rings. The first-order chi connectivity index (χ1) is 9.47. The van der Waals surface area contributed by atoms with Gasteiger partial charge >= 0.3 is 6.18 Å². The molecule has 0 fully saturated rings. The van der Waals surface area contributed by atoms with E-state index in [0.717, 1.165) is 25.0 Å². The van der Waals surface area contributed by atoms with Crippen LogP contribution in [0.2, 0.25) is 0 Å². The highest BCUT2D eigenvalue weighted by atomic mass is 32.1. The van der Waals surface area contributed by atoms with Gasteiger partial charge in [0.05, 0.1) is 11.7 Å². The Balaban J connectivity index is 1.93. The van der Waals surface area contributed by atoms with Crippen molar-refractivity contribution >= 4 is 11.3 Å². The molecule has 1 unspecified atom stereocenters. The topological polar surface area (TPSA) is 20.2 Å². The summed E-state index contributed by atoms with van der Waals surface area (Å²) in [6, 6.07) is 8.88. The van der Waals surface area contributed by atoms with Gasteiger partial charge in [0.2, 0.25) is 0 Å². The Hall–Kier alpha value is -1.33. The molecule has 0 amide bonds. The van der Waals surface area contributed by atoms with Gasteiger partial charge < -0.3 is 5.11 Å². The summed E-state index contributed by atoms with van der Waals surface area (Å²) >= 11 is 1.65. The number of hydrogen-bond donors (Lipinski definition) is 1. The number of thiophene rings is 1. The first-order valence-corrected chi connectivity index (χ1v) is 7.22. The molecule has 2 rings (SSSR count). The number of hydrogen-bond acceptors (Lipinski definition) is 2. The van der Waals surface area contributed by atoms with Crippen molar-refractivity contribution in [2.45, 2.75) is 31.5 Å². The summed E-state index contributed by atoms with van der Waals surface area (Å²) in [6.45, 7) is 0. The SMILES string of the molecule is OC(CCCc1cccs1)c1cccc(C(F)(F)F)c1. The summed E-state index contributed by atoms with van der Waals surface area (Å²) in [5.41, 5.74) is -0.390. The highest BCUT2D eigenvalue weighted by Crippen LogP contribution is 2.31. The van der Waals surface area contributed by atoms with E-state index in [1.54, 1.807) is 11.3 Å². The minimum atomic E-state index is -4.37. The van der Waals surface area contributed by atoms with E-state index < -0.39 is 17.8 Å². The van der Waals surface area contributed by atoms with Gasteiger partial charge in [0.1, 0.15) is 0 Å². The summed E-state index contributed by atoms with van der Waals surface area (Å²) < 4.78 is 37.8. The average molecular weight is 300 g/mol. The third kappa shape index (κ3) is 4.08. The molecular formula is C15H15F3OS. The summed E-state index contributed by atoms with van der Waals surface area (Å²) in [6.07, 6.45) is -3.17. The van der Waals surface area contributed by atoms with Gasteiger partial charge in [-0.25, -0.2) is 0 Å². The Kier molecular flexibility index (Phi) is 4.83. The Morgan fingerprint density at radius 3 is 2.60 bits per heavy atom. The lowest BCUT2D eigenvalue weighted by atomic mass is 10.0. The fourth-order valence-electron chi connectivity index (χ4n) is 2.01. The molecular weight excluding hydrogens is 285 g/mol. The van der Waals surface area contributed by atoms with Gasteiger partial charge in [0.15, 0.2) is 0 Å². The maximum absolute atomic E-state index is 12.6. The molecule has 1 aromatic carbocycles. The highest BCUT2D eigenvalue weighted by Gasteiger charge is 2.30. The fourth-order valence-corrected chi connectivity index (χ4v) is 2.76. The van der Waals surface area contributed by atoms with Gasteiger partial charge in [0.25, 0.3) is 0 Å². The van der Waals surface area contributed by atoms with Crippen molar-refractivity contribution in [3.63, 3.8) is 0 Å². The molecule has 0 aliphatic carbocycles. The Morgan fingerprint density at radius 2 is 1.95 bits per heavy atom. The van der Waals surface area contributed by atoms with Crippen LogP contribution in [0.5, 0.6) is 0 Å². The molecule has 1 heterocycles. The van der Waals surface area contributed by atoms with E-state index in [-0.39, 0.29) is 0 Å². The number of aliphatic hydroxyl groups excluding tert-OH is 1. The van der Waals surface area contributed by atoms with Crippen molar-refractivity contribution in [1.29, 1.82) is 0 Å². The minimum Gasteiger partial charge on any atom is -0.388 e. The number of rotatable bonds is 5. The van der Waals surface area contributed by atoms with Crippen molar-refractivity contribution in [2.24, 2.45) is 0 Å². The summed E-state index contributed by atoms with van der Waals surface area (Å²) in [7, 11) is 0. The molecule has 0 spiro atoms. The smallest absolute Gasteiger partial charge is 0.388 e. The van der Waals surface area contributed by atoms with Crippen LogP contribution >= 0.6 is 11.3 Å². The lowest BCUT2D eigenvalue weighted by molar-refractivity contribution is -0.137. The summed E-state index contributed by atoms with van der Waals surface area (Å²) in [4.78, 5) is 1.22. The predicted octanol–water partition coefficient (Wildman–Crippen LogP) is 4.82. The second kappa shape index (κ2) is 6.41. The maximum atomic E-state index is 12.6. The number of aliphatic hydroxyl groups is 1. The second-order valence-corrected chi connectivity index (χ2v) is 5.64. The van der Waals surface area contributed by atoms with Crippen LogP contribution in [-0.4, -0.2) is 5.11 Å². The zero-order chi connectivity index (χ0) is 14.6. The van der Waals surface area contributed by atoms with Crippen LogP contribution in [0.1, 0.15) is 34.9 Å². The van der Waals surface area contributed by atoms with E-state index >= 15 is 0 Å². The lowest BCUT2D eigenvalue weighted by Gasteiger charge is -2.13. The van der Waals surface area contributed by atoms with Crippen molar-refractivity contribution < 1.29 is 18.3 Å². The first kappa shape index (κ1) is 15.1. The third-order valence-electron chi connectivity index (χ3n) is 3.08. The van der Waals surface area contributed by atoms with E-state index in [2.05, 4.69) is 0 Å². The molecule has 1 aromatic heterocycles. The lowest BCUT2D eigenvalue weighted by Crippen LogP contribution is -2.07. The van der Waals surface area contributed by atoms with E-state index in [0.29, 0.717) is 12.0 Å². The largest absolute Gasteiger partial charge is 0.416 e. The van der Waals surface area contributed by atoms with E-state index in [4.69, 9.17) is 0 Å². The van der Waals surface area contributed by atoms with Crippen molar-refractivity contribution in [2.75, 3.05) is 0 Å². The predicted molar refractivity (Wildman–Crippen MR) is 73.7 cm³/mol. The molecule has 0 saturated carbocycles. The molecule has 1 atom stereocenters. The summed E-state index contributed by atoms with van der Waals surface area (Å²) in [5.74, 6) is 0. The van der Waals surface area contributed by atoms with Gasteiger partial charge in [-0.2, -0.15) is 13.2 Å². The Labute approximate surface area is 119 Å². The molecule has 1 nitrogen and oxygen atoms in total. The Morgan fingerprint density at radius 1 is 1.15 bits per heavy atom. The Bertz CT molecular complexity index is 534. The highest BCUT2D eigenvalue weighted by molar-refractivity contribution is 7.09. The zero-order valence-corrected chi connectivity index (χ0v) is 11.5. The molecule has 1 N–H and O–H groups in total. The van der Waals surface area contributed by atoms with E-state index in [1.165, 1.54) is 17.0 Å². The van der Waals surface area contributed by atoms with Gasteiger partial charge in [-0.3, -0.25) is 0 Å². The molecule has 0 bridgehead atoms. The summed E-state index contributed by atoms with van der Waals surface area (Å²) in [5, 5.41) is 12.0. The molecule has 108 valence electrons. The van der Waals surface area contributed by atoms with Crippen LogP contribution in [0.15, 0.2) is 41.8 Å². The van der Waals surface area contributed by atoms with Crippen molar-refractivity contribution in [1.82, 2.24) is 0 Å². The molecule has 0 radical (unpaired) electrons. The van der Waals surface area contributed by atoms with E-state index in [9.17, 15) is 18.3 Å². The average Bonchev–Trinajstić information content (AvgIpc) is 2.91. The number of halogens is 3. The van der Waals surface area contributed by atoms with Gasteiger partial charge in [-0.05, 0) is 48.4 Å². The number of benzene rings is 1. The van der Waals surface area contributed by atoms with E-state index in [1.807, 2.05) is 17.5 Å². The van der Waals surface area contributed by atoms with Crippen LogP contribution in [0.4, 0.5) is 13.2 Å². The molecule has 0 saturated heterocycles. The van der Waals surface area contributed by atoms with Crippen molar-refractivity contribution in [3.05, 3.63) is 57.8 Å². The number of aryl methyl sites for hydroxylation is 1. The monoisotopic (exact) mass is 300 g/mol. The zero-order valence-electron chi connectivity index (χ0n) is 10.7. The normalized spacial score (nSPS) is 13.4. The van der Waals surface area contributed by atoms with Gasteiger partial charge in [0, 0.05) is 4.88 Å². The number of alkyl halides is 3. The van der Waals surface area contributed by atoms with Crippen LogP contribution in [-0.2, 0) is 12.6 Å². The molecule has 5 heteroatoms. The quantitative estimate of drug-likeness (QED) is 0.839. The second-order valence-electron chi connectivity index (χ2n) is 4.61. The van der Waals surface area contributed by atoms with Crippen LogP contribution in [0.3, 0.4) is 0 Å². The van der Waals surface area contributed by atoms with Gasteiger partial charge in [-0.1, -0.05) is 18.2 Å². The first-order valence-electron chi connectivity index (χ1n) is 6.34. The van der Waals surface area contributed by atoms with Gasteiger partial charge in [-0.15, -0.1) is 11.3 Å². The minimum absolute atomic E-state index is 0.325. The maximum Gasteiger partial charge on any atom is 0.416 e. The fraction of sp³-hybridized carbons (Fsp3) is 0.333. The molecule has 20 heavy (non-hydrogen) atoms.